The molecular formula is C19H19NO6. The molecule has 0 aliphatic carbocycles. The highest BCUT2D eigenvalue weighted by Gasteiger charge is 2.01. The Kier molecular flexibility index (Phi) is 6.61. The summed E-state index contributed by atoms with van der Waals surface area (Å²) in [5.41, 5.74) is 1.56. The van der Waals surface area contributed by atoms with Gasteiger partial charge in [0.1, 0.15) is 5.75 Å². The van der Waals surface area contributed by atoms with E-state index in [9.17, 15) is 19.8 Å². The molecule has 0 saturated carbocycles. The molecule has 7 heteroatoms. The lowest BCUT2D eigenvalue weighted by Gasteiger charge is -2.06. The summed E-state index contributed by atoms with van der Waals surface area (Å²) in [6.07, 6.45) is 3.48. The predicted molar refractivity (Wildman–Crippen MR) is 95.1 cm³/mol. The van der Waals surface area contributed by atoms with Crippen LogP contribution >= 0.6 is 0 Å². The molecule has 2 aromatic carbocycles. The number of ether oxygens (including phenoxy) is 1. The van der Waals surface area contributed by atoms with E-state index in [1.54, 1.807) is 30.3 Å². The molecule has 0 bridgehead atoms. The third-order valence-corrected chi connectivity index (χ3v) is 3.43. The van der Waals surface area contributed by atoms with Crippen LogP contribution < -0.4 is 10.1 Å². The second-order valence-electron chi connectivity index (χ2n) is 5.45. The van der Waals surface area contributed by atoms with Gasteiger partial charge < -0.3 is 25.4 Å². The summed E-state index contributed by atoms with van der Waals surface area (Å²) < 4.78 is 5.04. The molecule has 0 fully saturated rings. The lowest BCUT2D eigenvalue weighted by Crippen LogP contribution is -2.23. The normalized spacial score (nSPS) is 10.6. The van der Waals surface area contributed by atoms with Crippen LogP contribution in [0.4, 0.5) is 0 Å². The Morgan fingerprint density at radius 2 is 1.77 bits per heavy atom. The third-order valence-electron chi connectivity index (χ3n) is 3.43. The number of nitrogens with one attached hydrogen (secondary N) is 1. The lowest BCUT2D eigenvalue weighted by molar-refractivity contribution is -0.139. The number of phenolic OH excluding ortho intramolecular Hbond substituents is 2. The smallest absolute Gasteiger partial charge is 0.341 e. The molecule has 0 unspecified atom stereocenters. The number of aromatic hydroxyl groups is 2. The van der Waals surface area contributed by atoms with Crippen molar-refractivity contribution in [1.82, 2.24) is 5.32 Å². The first-order valence-corrected chi connectivity index (χ1v) is 7.85. The molecule has 0 aliphatic rings. The van der Waals surface area contributed by atoms with E-state index in [1.807, 2.05) is 0 Å². The van der Waals surface area contributed by atoms with E-state index >= 15 is 0 Å². The fourth-order valence-electron chi connectivity index (χ4n) is 2.10. The molecule has 0 saturated heterocycles. The van der Waals surface area contributed by atoms with Crippen LogP contribution in [0, 0.1) is 0 Å². The van der Waals surface area contributed by atoms with Gasteiger partial charge in [0.25, 0.3) is 0 Å². The van der Waals surface area contributed by atoms with E-state index in [1.165, 1.54) is 24.3 Å². The molecule has 1 amide bonds. The van der Waals surface area contributed by atoms with Gasteiger partial charge in [0.05, 0.1) is 0 Å². The summed E-state index contributed by atoms with van der Waals surface area (Å²) in [6.45, 7) is 0.0415. The van der Waals surface area contributed by atoms with Crippen LogP contribution in [0.25, 0.3) is 6.08 Å². The van der Waals surface area contributed by atoms with Crippen LogP contribution in [-0.4, -0.2) is 40.3 Å². The minimum atomic E-state index is -1.03. The highest BCUT2D eigenvalue weighted by molar-refractivity contribution is 5.91. The number of carbonyl (C=O) groups excluding carboxylic acids is 1. The van der Waals surface area contributed by atoms with Gasteiger partial charge in [0.2, 0.25) is 5.91 Å². The van der Waals surface area contributed by atoms with Crippen LogP contribution in [-0.2, 0) is 16.0 Å². The monoisotopic (exact) mass is 357 g/mol. The second-order valence-corrected chi connectivity index (χ2v) is 5.45. The first-order chi connectivity index (χ1) is 12.4. The maximum atomic E-state index is 11.8. The minimum Gasteiger partial charge on any atom is -0.504 e. The Labute approximate surface area is 150 Å². The van der Waals surface area contributed by atoms with Crippen molar-refractivity contribution in [3.05, 3.63) is 59.7 Å². The van der Waals surface area contributed by atoms with Gasteiger partial charge in [-0.1, -0.05) is 18.2 Å². The van der Waals surface area contributed by atoms with Crippen LogP contribution in [0.1, 0.15) is 11.1 Å². The zero-order valence-corrected chi connectivity index (χ0v) is 13.9. The number of aliphatic carboxylic acids is 1. The average molecular weight is 357 g/mol. The molecule has 0 radical (unpaired) electrons. The highest BCUT2D eigenvalue weighted by Crippen LogP contribution is 2.25. The summed E-state index contributed by atoms with van der Waals surface area (Å²) in [4.78, 5) is 22.2. The van der Waals surface area contributed by atoms with Gasteiger partial charge >= 0.3 is 5.97 Å². The maximum absolute atomic E-state index is 11.8. The maximum Gasteiger partial charge on any atom is 0.341 e. The van der Waals surface area contributed by atoms with Crippen molar-refractivity contribution in [2.45, 2.75) is 6.42 Å². The van der Waals surface area contributed by atoms with E-state index < -0.39 is 5.97 Å². The highest BCUT2D eigenvalue weighted by atomic mass is 16.5. The fraction of sp³-hybridized carbons (Fsp3) is 0.158. The van der Waals surface area contributed by atoms with Crippen molar-refractivity contribution >= 4 is 18.0 Å². The lowest BCUT2D eigenvalue weighted by atomic mass is 10.1. The molecule has 7 nitrogen and oxygen atoms in total. The Morgan fingerprint density at radius 3 is 2.42 bits per heavy atom. The Morgan fingerprint density at radius 1 is 1.04 bits per heavy atom. The Hall–Kier alpha value is -3.48. The van der Waals surface area contributed by atoms with Gasteiger partial charge in [-0.25, -0.2) is 4.79 Å². The van der Waals surface area contributed by atoms with Crippen LogP contribution in [0.15, 0.2) is 48.5 Å². The number of carboxylic acids is 1. The fourth-order valence-corrected chi connectivity index (χ4v) is 2.10. The summed E-state index contributed by atoms with van der Waals surface area (Å²) in [6, 6.07) is 11.2. The first-order valence-electron chi connectivity index (χ1n) is 7.85. The molecule has 26 heavy (non-hydrogen) atoms. The van der Waals surface area contributed by atoms with Gasteiger partial charge in [-0.15, -0.1) is 0 Å². The molecule has 136 valence electrons. The van der Waals surface area contributed by atoms with E-state index in [0.29, 0.717) is 24.3 Å². The van der Waals surface area contributed by atoms with Gasteiger partial charge in [-0.3, -0.25) is 4.79 Å². The molecule has 0 aromatic heterocycles. The van der Waals surface area contributed by atoms with Crippen LogP contribution in [0.2, 0.25) is 0 Å². The van der Waals surface area contributed by atoms with E-state index in [-0.39, 0.29) is 24.0 Å². The number of phenols is 2. The molecule has 2 rings (SSSR count). The summed E-state index contributed by atoms with van der Waals surface area (Å²) in [5, 5.41) is 29.9. The van der Waals surface area contributed by atoms with Crippen molar-refractivity contribution in [1.29, 1.82) is 0 Å². The van der Waals surface area contributed by atoms with Crippen molar-refractivity contribution in [2.75, 3.05) is 13.2 Å². The quantitative estimate of drug-likeness (QED) is 0.424. The number of carbonyl (C=O) groups is 2. The molecular weight excluding hydrogens is 338 g/mol. The standard InChI is InChI=1S/C19H19NO6/c21-16-7-3-14(11-17(16)22)4-8-18(23)20-10-9-13-1-5-15(6-2-13)26-12-19(24)25/h1-8,11,21-22H,9-10,12H2,(H,20,23)(H,24,25). The first kappa shape index (κ1) is 18.9. The SMILES string of the molecule is O=C(O)COc1ccc(CCNC(=O)C=Cc2ccc(O)c(O)c2)cc1. The van der Waals surface area contributed by atoms with Gasteiger partial charge in [-0.2, -0.15) is 0 Å². The Bertz CT molecular complexity index is 798. The Balaban J connectivity index is 1.76. The largest absolute Gasteiger partial charge is 0.504 e. The molecule has 0 heterocycles. The van der Waals surface area contributed by atoms with Crippen molar-refractivity contribution in [2.24, 2.45) is 0 Å². The molecule has 0 atom stereocenters. The van der Waals surface area contributed by atoms with Crippen LogP contribution in [0.5, 0.6) is 17.2 Å². The summed E-state index contributed by atoms with van der Waals surface area (Å²) >= 11 is 0. The van der Waals surface area contributed by atoms with Crippen molar-refractivity contribution in [3.8, 4) is 17.2 Å². The number of carboxylic acid groups (broad SMARTS) is 1. The molecule has 0 spiro atoms. The van der Waals surface area contributed by atoms with Gasteiger partial charge in [-0.05, 0) is 47.9 Å². The molecule has 2 aromatic rings. The average Bonchev–Trinajstić information content (AvgIpc) is 2.62. The number of amides is 1. The van der Waals surface area contributed by atoms with Gasteiger partial charge in [0.15, 0.2) is 18.1 Å². The summed E-state index contributed by atoms with van der Waals surface area (Å²) in [5.74, 6) is -1.30. The van der Waals surface area contributed by atoms with Gasteiger partial charge in [0, 0.05) is 12.6 Å². The zero-order chi connectivity index (χ0) is 18.9. The minimum absolute atomic E-state index is 0.217. The second kappa shape index (κ2) is 9.12. The number of rotatable bonds is 8. The van der Waals surface area contributed by atoms with E-state index in [2.05, 4.69) is 5.32 Å². The van der Waals surface area contributed by atoms with E-state index in [0.717, 1.165) is 5.56 Å². The third kappa shape index (κ3) is 6.20. The number of hydrogen-bond acceptors (Lipinski definition) is 5. The van der Waals surface area contributed by atoms with Crippen LogP contribution in [0.3, 0.4) is 0 Å². The zero-order valence-electron chi connectivity index (χ0n) is 13.9. The molecule has 4 N–H and O–H groups in total. The van der Waals surface area contributed by atoms with Crippen molar-refractivity contribution in [3.63, 3.8) is 0 Å². The van der Waals surface area contributed by atoms with E-state index in [4.69, 9.17) is 9.84 Å². The number of hydrogen-bond donors (Lipinski definition) is 4. The summed E-state index contributed by atoms with van der Waals surface area (Å²) in [7, 11) is 0. The number of benzene rings is 2. The molecule has 0 aliphatic heterocycles. The predicted octanol–water partition coefficient (Wildman–Crippen LogP) is 1.93. The van der Waals surface area contributed by atoms with Crippen molar-refractivity contribution < 1.29 is 29.6 Å². The topological polar surface area (TPSA) is 116 Å².